The minimum atomic E-state index is -0.966. The van der Waals surface area contributed by atoms with Crippen molar-refractivity contribution in [3.05, 3.63) is 0 Å². The third kappa shape index (κ3) is 2.98. The Morgan fingerprint density at radius 1 is 0.857 bits per heavy atom. The summed E-state index contributed by atoms with van der Waals surface area (Å²) >= 11 is 0. The summed E-state index contributed by atoms with van der Waals surface area (Å²) in [5, 5.41) is 0. The summed E-state index contributed by atoms with van der Waals surface area (Å²) in [5.74, 6) is -0.553. The molecule has 21 heavy (non-hydrogen) atoms. The molecule has 2 rings (SSSR count). The van der Waals surface area contributed by atoms with E-state index in [2.05, 4.69) is 0 Å². The highest BCUT2D eigenvalue weighted by molar-refractivity contribution is 6.02. The van der Waals surface area contributed by atoms with Crippen LogP contribution in [0.2, 0.25) is 0 Å². The lowest BCUT2D eigenvalue weighted by Gasteiger charge is -2.15. The van der Waals surface area contributed by atoms with E-state index in [1.165, 1.54) is 14.1 Å². The van der Waals surface area contributed by atoms with Gasteiger partial charge in [-0.1, -0.05) is 6.92 Å². The van der Waals surface area contributed by atoms with Crippen LogP contribution in [0.5, 0.6) is 0 Å². The van der Waals surface area contributed by atoms with Crippen LogP contribution in [-0.4, -0.2) is 59.1 Å². The van der Waals surface area contributed by atoms with Crippen LogP contribution in [-0.2, 0) is 19.1 Å². The van der Waals surface area contributed by atoms with E-state index < -0.39 is 23.4 Å². The van der Waals surface area contributed by atoms with Crippen molar-refractivity contribution in [2.75, 3.05) is 14.1 Å². The molecule has 0 aliphatic carbocycles. The Balaban J connectivity index is 0.000000211. The standard InChI is InChI=1S/C7H11NO3.C6H9NO3/c1-4-7(2)5(9)8(3)6(10)11-7;1-6(2)4(8)7(3)5(9)10-6/h4H2,1-3H3;1-3H3. The summed E-state index contributed by atoms with van der Waals surface area (Å²) in [5.41, 5.74) is -1.89. The van der Waals surface area contributed by atoms with E-state index in [0.717, 1.165) is 9.80 Å². The van der Waals surface area contributed by atoms with E-state index >= 15 is 0 Å². The van der Waals surface area contributed by atoms with Gasteiger partial charge in [-0.25, -0.2) is 19.4 Å². The fraction of sp³-hybridized carbons (Fsp3) is 0.692. The maximum atomic E-state index is 11.2. The molecule has 2 aliphatic heterocycles. The third-order valence-corrected chi connectivity index (χ3v) is 3.45. The molecule has 0 aromatic heterocycles. The molecular weight excluding hydrogens is 280 g/mol. The fourth-order valence-corrected chi connectivity index (χ4v) is 1.78. The zero-order chi connectivity index (χ0) is 16.6. The molecule has 0 bridgehead atoms. The SMILES string of the molecule is CCC1(C)OC(=O)N(C)C1=O.CN1C(=O)OC(C)(C)C1=O. The topological polar surface area (TPSA) is 93.2 Å². The average Bonchev–Trinajstić information content (AvgIpc) is 2.71. The smallest absolute Gasteiger partial charge is 0.417 e. The normalized spacial score (nSPS) is 27.3. The van der Waals surface area contributed by atoms with Gasteiger partial charge in [-0.15, -0.1) is 0 Å². The molecule has 2 aliphatic rings. The largest absolute Gasteiger partial charge is 0.433 e. The van der Waals surface area contributed by atoms with E-state index in [1.54, 1.807) is 20.8 Å². The Morgan fingerprint density at radius 3 is 1.43 bits per heavy atom. The predicted octanol–water partition coefficient (Wildman–Crippen LogP) is 1.14. The molecule has 1 atom stereocenters. The van der Waals surface area contributed by atoms with Gasteiger partial charge in [0.2, 0.25) is 0 Å². The van der Waals surface area contributed by atoms with Gasteiger partial charge in [0.25, 0.3) is 11.8 Å². The Labute approximate surface area is 123 Å². The second-order valence-electron chi connectivity index (χ2n) is 5.56. The molecule has 4 amide bonds. The van der Waals surface area contributed by atoms with E-state index in [4.69, 9.17) is 9.47 Å². The minimum Gasteiger partial charge on any atom is -0.433 e. The number of amides is 4. The van der Waals surface area contributed by atoms with E-state index in [0.29, 0.717) is 6.42 Å². The number of carbonyl (C=O) groups excluding carboxylic acids is 4. The van der Waals surface area contributed by atoms with Crippen molar-refractivity contribution in [2.24, 2.45) is 0 Å². The van der Waals surface area contributed by atoms with E-state index in [9.17, 15) is 19.2 Å². The lowest BCUT2D eigenvalue weighted by Crippen LogP contribution is -2.35. The van der Waals surface area contributed by atoms with Crippen LogP contribution in [0, 0.1) is 0 Å². The maximum absolute atomic E-state index is 11.2. The van der Waals surface area contributed by atoms with E-state index in [1.807, 2.05) is 6.92 Å². The quantitative estimate of drug-likeness (QED) is 0.721. The van der Waals surface area contributed by atoms with Gasteiger partial charge in [-0.05, 0) is 27.2 Å². The van der Waals surface area contributed by atoms with Gasteiger partial charge in [0.1, 0.15) is 0 Å². The van der Waals surface area contributed by atoms with Gasteiger partial charge in [0, 0.05) is 14.1 Å². The van der Waals surface area contributed by atoms with Crippen molar-refractivity contribution >= 4 is 24.0 Å². The van der Waals surface area contributed by atoms with Crippen LogP contribution in [0.15, 0.2) is 0 Å². The number of nitrogens with zero attached hydrogens (tertiary/aromatic N) is 2. The number of imide groups is 2. The molecule has 8 nitrogen and oxygen atoms in total. The van der Waals surface area contributed by atoms with Gasteiger partial charge < -0.3 is 9.47 Å². The molecule has 2 heterocycles. The van der Waals surface area contributed by atoms with Crippen LogP contribution in [0.25, 0.3) is 0 Å². The van der Waals surface area contributed by atoms with Crippen molar-refractivity contribution < 1.29 is 28.7 Å². The molecule has 1 unspecified atom stereocenters. The molecule has 0 spiro atoms. The Bertz CT molecular complexity index is 501. The van der Waals surface area contributed by atoms with E-state index in [-0.39, 0.29) is 11.8 Å². The van der Waals surface area contributed by atoms with Gasteiger partial charge >= 0.3 is 12.2 Å². The van der Waals surface area contributed by atoms with Crippen molar-refractivity contribution in [1.82, 2.24) is 9.80 Å². The Hall–Kier alpha value is -2.12. The molecule has 0 aromatic carbocycles. The van der Waals surface area contributed by atoms with Gasteiger partial charge in [-0.2, -0.15) is 0 Å². The molecule has 0 radical (unpaired) electrons. The molecular formula is C13H20N2O6. The summed E-state index contributed by atoms with van der Waals surface area (Å²) in [6, 6.07) is 0. The van der Waals surface area contributed by atoms with Crippen molar-refractivity contribution in [1.29, 1.82) is 0 Å². The number of ether oxygens (including phenoxy) is 2. The molecule has 2 saturated heterocycles. The van der Waals surface area contributed by atoms with Crippen LogP contribution >= 0.6 is 0 Å². The number of cyclic esters (lactones) is 2. The van der Waals surface area contributed by atoms with Gasteiger partial charge in [0.15, 0.2) is 11.2 Å². The predicted molar refractivity (Wildman–Crippen MR) is 71.3 cm³/mol. The van der Waals surface area contributed by atoms with Crippen LogP contribution < -0.4 is 0 Å². The highest BCUT2D eigenvalue weighted by Gasteiger charge is 2.47. The summed E-state index contributed by atoms with van der Waals surface area (Å²) in [7, 11) is 2.82. The summed E-state index contributed by atoms with van der Waals surface area (Å²) in [4.78, 5) is 45.8. The Kier molecular flexibility index (Phi) is 4.31. The van der Waals surface area contributed by atoms with Crippen molar-refractivity contribution in [3.8, 4) is 0 Å². The monoisotopic (exact) mass is 300 g/mol. The first-order valence-corrected chi connectivity index (χ1v) is 6.48. The maximum Gasteiger partial charge on any atom is 0.417 e. The highest BCUT2D eigenvalue weighted by Crippen LogP contribution is 2.25. The molecule has 0 saturated carbocycles. The zero-order valence-corrected chi connectivity index (χ0v) is 13.1. The van der Waals surface area contributed by atoms with Crippen LogP contribution in [0.3, 0.4) is 0 Å². The number of rotatable bonds is 1. The number of carbonyl (C=O) groups is 4. The number of likely N-dealkylation sites (N-methyl/N-ethyl adjacent to an activating group) is 2. The molecule has 0 N–H and O–H groups in total. The third-order valence-electron chi connectivity index (χ3n) is 3.45. The van der Waals surface area contributed by atoms with Crippen molar-refractivity contribution in [2.45, 2.75) is 45.3 Å². The van der Waals surface area contributed by atoms with Gasteiger partial charge in [0.05, 0.1) is 0 Å². The number of hydrogen-bond acceptors (Lipinski definition) is 6. The fourth-order valence-electron chi connectivity index (χ4n) is 1.78. The first-order chi connectivity index (χ1) is 9.46. The highest BCUT2D eigenvalue weighted by atomic mass is 16.6. The first-order valence-electron chi connectivity index (χ1n) is 6.48. The zero-order valence-electron chi connectivity index (χ0n) is 13.1. The Morgan fingerprint density at radius 2 is 1.29 bits per heavy atom. The average molecular weight is 300 g/mol. The molecule has 118 valence electrons. The number of hydrogen-bond donors (Lipinski definition) is 0. The molecule has 0 aromatic rings. The lowest BCUT2D eigenvalue weighted by molar-refractivity contribution is -0.135. The molecule has 8 heteroatoms. The van der Waals surface area contributed by atoms with Crippen molar-refractivity contribution in [3.63, 3.8) is 0 Å². The van der Waals surface area contributed by atoms with Crippen LogP contribution in [0.1, 0.15) is 34.1 Å². The minimum absolute atomic E-state index is 0.259. The summed E-state index contributed by atoms with van der Waals surface area (Å²) in [6.45, 7) is 6.56. The van der Waals surface area contributed by atoms with Crippen LogP contribution in [0.4, 0.5) is 9.59 Å². The summed E-state index contributed by atoms with van der Waals surface area (Å²) < 4.78 is 9.57. The first kappa shape index (κ1) is 16.9. The lowest BCUT2D eigenvalue weighted by atomic mass is 10.0. The van der Waals surface area contributed by atoms with Gasteiger partial charge in [-0.3, -0.25) is 9.59 Å². The second-order valence-corrected chi connectivity index (χ2v) is 5.56. The molecule has 2 fully saturated rings. The second kappa shape index (κ2) is 5.34. The summed E-state index contributed by atoms with van der Waals surface area (Å²) in [6.07, 6.45) is -0.614.